The number of benzene rings is 2. The van der Waals surface area contributed by atoms with Gasteiger partial charge in [0, 0.05) is 25.6 Å². The predicted octanol–water partition coefficient (Wildman–Crippen LogP) is 5.95. The molecule has 38 heavy (non-hydrogen) atoms. The van der Waals surface area contributed by atoms with E-state index >= 15 is 0 Å². The van der Waals surface area contributed by atoms with Crippen LogP contribution in [0, 0.1) is 29.1 Å². The molecule has 5 rings (SSSR count). The van der Waals surface area contributed by atoms with Crippen molar-refractivity contribution in [2.24, 2.45) is 17.8 Å². The fourth-order valence-corrected chi connectivity index (χ4v) is 7.05. The van der Waals surface area contributed by atoms with Crippen LogP contribution >= 0.6 is 0 Å². The number of carbonyl (C=O) groups is 1. The van der Waals surface area contributed by atoms with Crippen LogP contribution in [0.5, 0.6) is 0 Å². The normalized spacial score (nSPS) is 24.1. The van der Waals surface area contributed by atoms with Gasteiger partial charge in [-0.2, -0.15) is 5.26 Å². The smallest absolute Gasteiger partial charge is 0.320 e. The molecule has 0 aromatic heterocycles. The van der Waals surface area contributed by atoms with Gasteiger partial charge in [-0.3, -0.25) is 9.69 Å². The Kier molecular flexibility index (Phi) is 9.14. The summed E-state index contributed by atoms with van der Waals surface area (Å²) in [5.41, 5.74) is 3.40. The Morgan fingerprint density at radius 3 is 2.47 bits per heavy atom. The quantitative estimate of drug-likeness (QED) is 0.402. The molecule has 202 valence electrons. The van der Waals surface area contributed by atoms with E-state index in [0.717, 1.165) is 57.0 Å². The van der Waals surface area contributed by atoms with Gasteiger partial charge in [0.15, 0.2) is 0 Å². The van der Waals surface area contributed by atoms with E-state index in [1.54, 1.807) is 0 Å². The third kappa shape index (κ3) is 6.84. The van der Waals surface area contributed by atoms with Crippen molar-refractivity contribution in [1.29, 1.82) is 5.26 Å². The highest BCUT2D eigenvalue weighted by Crippen LogP contribution is 2.38. The van der Waals surface area contributed by atoms with Crippen LogP contribution in [0.3, 0.4) is 0 Å². The Morgan fingerprint density at radius 2 is 1.79 bits per heavy atom. The maximum absolute atomic E-state index is 12.3. The van der Waals surface area contributed by atoms with Gasteiger partial charge in [-0.15, -0.1) is 0 Å². The zero-order chi connectivity index (χ0) is 26.3. The first kappa shape index (κ1) is 26.9. The number of piperidine rings is 1. The van der Waals surface area contributed by atoms with Crippen LogP contribution in [-0.4, -0.2) is 59.6 Å². The minimum atomic E-state index is -0.635. The predicted molar refractivity (Wildman–Crippen MR) is 151 cm³/mol. The van der Waals surface area contributed by atoms with Crippen molar-refractivity contribution in [1.82, 2.24) is 9.80 Å². The van der Waals surface area contributed by atoms with Crippen molar-refractivity contribution < 1.29 is 9.90 Å². The molecule has 1 saturated carbocycles. The lowest BCUT2D eigenvalue weighted by atomic mass is 9.80. The first-order valence-corrected chi connectivity index (χ1v) is 14.8. The number of nitriles is 1. The summed E-state index contributed by atoms with van der Waals surface area (Å²) >= 11 is 0. The van der Waals surface area contributed by atoms with E-state index in [9.17, 15) is 9.90 Å². The molecule has 5 nitrogen and oxygen atoms in total. The number of carboxylic acid groups (broad SMARTS) is 1. The molecule has 1 N–H and O–H groups in total. The van der Waals surface area contributed by atoms with Crippen LogP contribution in [0.1, 0.15) is 74.0 Å². The Balaban J connectivity index is 1.14. The summed E-state index contributed by atoms with van der Waals surface area (Å²) in [5.74, 6) is 1.63. The summed E-state index contributed by atoms with van der Waals surface area (Å²) in [6, 6.07) is 20.7. The number of aryl methyl sites for hydroxylation is 1. The molecule has 5 heteroatoms. The number of hydrogen-bond donors (Lipinski definition) is 1. The Morgan fingerprint density at radius 1 is 1.00 bits per heavy atom. The van der Waals surface area contributed by atoms with Gasteiger partial charge in [-0.05, 0) is 86.2 Å². The molecule has 2 saturated heterocycles. The van der Waals surface area contributed by atoms with Gasteiger partial charge in [-0.1, -0.05) is 68.1 Å². The molecule has 0 bridgehead atoms. The number of hydrogen-bond acceptors (Lipinski definition) is 4. The van der Waals surface area contributed by atoms with Crippen molar-refractivity contribution in [3.8, 4) is 6.07 Å². The molecule has 0 amide bonds. The maximum atomic E-state index is 12.3. The van der Waals surface area contributed by atoms with Gasteiger partial charge in [-0.25, -0.2) is 0 Å². The lowest BCUT2D eigenvalue weighted by Crippen LogP contribution is -2.43. The van der Waals surface area contributed by atoms with E-state index in [1.165, 1.54) is 56.1 Å². The largest absolute Gasteiger partial charge is 0.480 e. The lowest BCUT2D eigenvalue weighted by molar-refractivity contribution is -0.144. The van der Waals surface area contributed by atoms with Gasteiger partial charge in [0.25, 0.3) is 0 Å². The van der Waals surface area contributed by atoms with E-state index in [-0.39, 0.29) is 6.04 Å². The Labute approximate surface area is 228 Å². The fraction of sp³-hybridized carbons (Fsp3) is 0.576. The molecular weight excluding hydrogens is 470 g/mol. The molecule has 3 aliphatic rings. The second kappa shape index (κ2) is 12.9. The summed E-state index contributed by atoms with van der Waals surface area (Å²) in [7, 11) is 0. The number of rotatable bonds is 11. The molecule has 3 atom stereocenters. The molecule has 3 fully saturated rings. The van der Waals surface area contributed by atoms with E-state index in [1.807, 2.05) is 18.2 Å². The molecule has 1 aliphatic carbocycles. The summed E-state index contributed by atoms with van der Waals surface area (Å²) in [6.07, 6.45) is 10.5. The number of likely N-dealkylation sites (tertiary alicyclic amines) is 2. The summed E-state index contributed by atoms with van der Waals surface area (Å²) in [4.78, 5) is 17.2. The fourth-order valence-electron chi connectivity index (χ4n) is 7.05. The highest BCUT2D eigenvalue weighted by Gasteiger charge is 2.41. The molecule has 2 heterocycles. The van der Waals surface area contributed by atoms with Crippen LogP contribution in [0.25, 0.3) is 0 Å². The number of carboxylic acids is 1. The van der Waals surface area contributed by atoms with Crippen molar-refractivity contribution in [3.63, 3.8) is 0 Å². The van der Waals surface area contributed by atoms with Crippen molar-refractivity contribution in [2.45, 2.75) is 69.7 Å². The molecule has 2 aromatic rings. The van der Waals surface area contributed by atoms with Crippen LogP contribution in [0.15, 0.2) is 54.6 Å². The van der Waals surface area contributed by atoms with Crippen LogP contribution in [-0.2, 0) is 11.2 Å². The SMILES string of the molecule is N#Cc1cccc(CCCC2CCN(CC3CN(C(CC4CCC4)C(=O)O)CC3c3ccccc3)CC2)c1. The third-order valence-electron chi connectivity index (χ3n) is 9.54. The maximum Gasteiger partial charge on any atom is 0.320 e. The topological polar surface area (TPSA) is 67.6 Å². The zero-order valence-electron chi connectivity index (χ0n) is 22.7. The Hall–Kier alpha value is -2.68. The average Bonchev–Trinajstić information content (AvgIpc) is 3.32. The average molecular weight is 514 g/mol. The molecule has 2 aromatic carbocycles. The van der Waals surface area contributed by atoms with Gasteiger partial charge < -0.3 is 10.0 Å². The third-order valence-corrected chi connectivity index (χ3v) is 9.54. The van der Waals surface area contributed by atoms with Crippen molar-refractivity contribution >= 4 is 5.97 Å². The van der Waals surface area contributed by atoms with Gasteiger partial charge in [0.05, 0.1) is 11.6 Å². The van der Waals surface area contributed by atoms with Crippen molar-refractivity contribution in [3.05, 3.63) is 71.3 Å². The van der Waals surface area contributed by atoms with E-state index in [0.29, 0.717) is 17.8 Å². The number of nitrogens with zero attached hydrogens (tertiary/aromatic N) is 3. The summed E-state index contributed by atoms with van der Waals surface area (Å²) in [6.45, 7) is 5.13. The Bertz CT molecular complexity index is 1080. The van der Waals surface area contributed by atoms with Gasteiger partial charge in [0.2, 0.25) is 0 Å². The standard InChI is InChI=1S/C33H43N3O2/c34-21-28-12-6-9-26(19-28)8-4-7-25-15-17-35(18-16-25)22-30-23-36(24-31(30)29-13-2-1-3-14-29)32(33(37)38)20-27-10-5-11-27/h1-3,6,9,12-14,19,25,27,30-32H,4-5,7-8,10-11,15-18,20,22-24H2,(H,37,38). The zero-order valence-corrected chi connectivity index (χ0v) is 22.7. The molecule has 0 spiro atoms. The van der Waals surface area contributed by atoms with E-state index in [4.69, 9.17) is 5.26 Å². The molecule has 3 unspecified atom stereocenters. The first-order valence-electron chi connectivity index (χ1n) is 14.8. The van der Waals surface area contributed by atoms with Crippen molar-refractivity contribution in [2.75, 3.05) is 32.7 Å². The number of aliphatic carboxylic acids is 1. The van der Waals surface area contributed by atoms with Crippen LogP contribution < -0.4 is 0 Å². The van der Waals surface area contributed by atoms with E-state index < -0.39 is 5.97 Å². The minimum absolute atomic E-state index is 0.337. The van der Waals surface area contributed by atoms with Crippen LogP contribution in [0.4, 0.5) is 0 Å². The monoisotopic (exact) mass is 513 g/mol. The van der Waals surface area contributed by atoms with Crippen LogP contribution in [0.2, 0.25) is 0 Å². The second-order valence-electron chi connectivity index (χ2n) is 12.1. The highest BCUT2D eigenvalue weighted by atomic mass is 16.4. The van der Waals surface area contributed by atoms with E-state index in [2.05, 4.69) is 52.3 Å². The molecule has 0 radical (unpaired) electrons. The molecule has 2 aliphatic heterocycles. The minimum Gasteiger partial charge on any atom is -0.480 e. The van der Waals surface area contributed by atoms with Gasteiger partial charge >= 0.3 is 5.97 Å². The second-order valence-corrected chi connectivity index (χ2v) is 12.1. The first-order chi connectivity index (χ1) is 18.6. The van der Waals surface area contributed by atoms with Gasteiger partial charge in [0.1, 0.15) is 6.04 Å². The lowest BCUT2D eigenvalue weighted by Gasteiger charge is -2.35. The molecular formula is C33H43N3O2. The summed E-state index contributed by atoms with van der Waals surface area (Å²) in [5, 5.41) is 19.2. The highest BCUT2D eigenvalue weighted by molar-refractivity contribution is 5.73. The summed E-state index contributed by atoms with van der Waals surface area (Å²) < 4.78 is 0.